The van der Waals surface area contributed by atoms with Crippen LogP contribution in [0.4, 0.5) is 0 Å². The van der Waals surface area contributed by atoms with Crippen molar-refractivity contribution < 1.29 is 0 Å². The van der Waals surface area contributed by atoms with Crippen LogP contribution in [0.3, 0.4) is 0 Å². The predicted octanol–water partition coefficient (Wildman–Crippen LogP) is 2.29. The smallest absolute Gasteiger partial charge is 0.0602 e. The van der Waals surface area contributed by atoms with Crippen LogP contribution in [0.15, 0.2) is 28.7 Å². The molecule has 1 atom stereocenters. The van der Waals surface area contributed by atoms with Gasteiger partial charge in [-0.2, -0.15) is 0 Å². The van der Waals surface area contributed by atoms with Crippen LogP contribution >= 0.6 is 15.9 Å². The van der Waals surface area contributed by atoms with Crippen molar-refractivity contribution in [2.24, 2.45) is 0 Å². The molecule has 1 aliphatic heterocycles. The van der Waals surface area contributed by atoms with E-state index in [0.717, 1.165) is 37.1 Å². The van der Waals surface area contributed by atoms with E-state index in [2.05, 4.69) is 63.1 Å². The number of piperazine rings is 1. The van der Waals surface area contributed by atoms with Gasteiger partial charge in [0.15, 0.2) is 0 Å². The molecule has 1 aromatic carbocycles. The molecule has 1 aromatic rings. The van der Waals surface area contributed by atoms with Crippen molar-refractivity contribution in [3.63, 3.8) is 0 Å². The first kappa shape index (κ1) is 13.6. The Morgan fingerprint density at radius 1 is 1.39 bits per heavy atom. The zero-order valence-electron chi connectivity index (χ0n) is 10.7. The van der Waals surface area contributed by atoms with Gasteiger partial charge in [0.05, 0.1) is 6.54 Å². The minimum atomic E-state index is 0.587. The van der Waals surface area contributed by atoms with E-state index in [-0.39, 0.29) is 0 Å². The largest absolute Gasteiger partial charge is 0.312 e. The number of hydrogen-bond donors (Lipinski definition) is 1. The Morgan fingerprint density at radius 3 is 3.00 bits per heavy atom. The Hall–Kier alpha value is -0.820. The van der Waals surface area contributed by atoms with Gasteiger partial charge in [0.25, 0.3) is 0 Å². The minimum Gasteiger partial charge on any atom is -0.312 e. The Balaban J connectivity index is 1.81. The first-order chi connectivity index (χ1) is 8.75. The van der Waals surface area contributed by atoms with Crippen molar-refractivity contribution >= 4 is 15.9 Å². The third-order valence-corrected chi connectivity index (χ3v) is 3.89. The van der Waals surface area contributed by atoms with Crippen molar-refractivity contribution in [3.8, 4) is 11.8 Å². The van der Waals surface area contributed by atoms with Crippen molar-refractivity contribution in [1.82, 2.24) is 10.2 Å². The number of rotatable bonds is 2. The average Bonchev–Trinajstić information content (AvgIpc) is 2.37. The van der Waals surface area contributed by atoms with Crippen LogP contribution in [-0.4, -0.2) is 37.1 Å². The Labute approximate surface area is 118 Å². The minimum absolute atomic E-state index is 0.587. The highest BCUT2D eigenvalue weighted by Crippen LogP contribution is 2.15. The summed E-state index contributed by atoms with van der Waals surface area (Å²) in [5.74, 6) is 6.54. The molecule has 1 aliphatic rings. The normalized spacial score (nSPS) is 20.2. The molecule has 0 amide bonds. The van der Waals surface area contributed by atoms with Crippen molar-refractivity contribution in [1.29, 1.82) is 0 Å². The van der Waals surface area contributed by atoms with E-state index in [1.807, 2.05) is 6.07 Å². The van der Waals surface area contributed by atoms with E-state index in [4.69, 9.17) is 0 Å². The monoisotopic (exact) mass is 306 g/mol. The number of nitrogens with one attached hydrogen (secondary N) is 1. The zero-order chi connectivity index (χ0) is 12.8. The van der Waals surface area contributed by atoms with Crippen LogP contribution in [0.1, 0.15) is 12.5 Å². The second-order valence-electron chi connectivity index (χ2n) is 4.71. The third-order valence-electron chi connectivity index (χ3n) is 3.12. The third kappa shape index (κ3) is 4.13. The van der Waals surface area contributed by atoms with Crippen LogP contribution in [-0.2, 0) is 6.42 Å². The maximum atomic E-state index is 3.55. The summed E-state index contributed by atoms with van der Waals surface area (Å²) < 4.78 is 1.15. The van der Waals surface area contributed by atoms with Crippen LogP contribution in [0.2, 0.25) is 0 Å². The lowest BCUT2D eigenvalue weighted by molar-refractivity contribution is 0.229. The molecule has 0 aromatic heterocycles. The lowest BCUT2D eigenvalue weighted by Crippen LogP contribution is -2.49. The van der Waals surface area contributed by atoms with Crippen LogP contribution in [0.25, 0.3) is 0 Å². The van der Waals surface area contributed by atoms with E-state index < -0.39 is 0 Å². The van der Waals surface area contributed by atoms with Gasteiger partial charge in [-0.3, -0.25) is 4.90 Å². The highest BCUT2D eigenvalue weighted by atomic mass is 79.9. The molecule has 0 radical (unpaired) electrons. The van der Waals surface area contributed by atoms with Crippen LogP contribution < -0.4 is 5.32 Å². The van der Waals surface area contributed by atoms with Crippen LogP contribution in [0.5, 0.6) is 0 Å². The van der Waals surface area contributed by atoms with Gasteiger partial charge in [-0.25, -0.2) is 0 Å². The maximum Gasteiger partial charge on any atom is 0.0602 e. The SMILES string of the molecule is CC1CN(CC#CCc2ccccc2Br)CCN1. The molecule has 1 fully saturated rings. The molecule has 2 nitrogen and oxygen atoms in total. The van der Waals surface area contributed by atoms with Gasteiger partial charge < -0.3 is 5.32 Å². The fraction of sp³-hybridized carbons (Fsp3) is 0.467. The van der Waals surface area contributed by atoms with Crippen molar-refractivity contribution in [2.75, 3.05) is 26.2 Å². The molecule has 1 saturated heterocycles. The summed E-state index contributed by atoms with van der Waals surface area (Å²) in [6, 6.07) is 8.85. The quantitative estimate of drug-likeness (QED) is 0.844. The summed E-state index contributed by atoms with van der Waals surface area (Å²) in [5, 5.41) is 3.44. The molecule has 1 unspecified atom stereocenters. The van der Waals surface area contributed by atoms with Crippen molar-refractivity contribution in [3.05, 3.63) is 34.3 Å². The molecule has 0 saturated carbocycles. The second kappa shape index (κ2) is 6.94. The standard InChI is InChI=1S/C15H19BrN2/c1-13-12-18(11-9-17-13)10-5-4-7-14-6-2-3-8-15(14)16/h2-3,6,8,13,17H,7,9-12H2,1H3. The van der Waals surface area contributed by atoms with E-state index in [1.54, 1.807) is 0 Å². The number of hydrogen-bond acceptors (Lipinski definition) is 2. The fourth-order valence-corrected chi connectivity index (χ4v) is 2.55. The highest BCUT2D eigenvalue weighted by Gasteiger charge is 2.13. The summed E-state index contributed by atoms with van der Waals surface area (Å²) in [6.07, 6.45) is 0.822. The average molecular weight is 307 g/mol. The number of nitrogens with zero attached hydrogens (tertiary/aromatic N) is 1. The summed E-state index contributed by atoms with van der Waals surface area (Å²) in [5.41, 5.74) is 1.26. The van der Waals surface area contributed by atoms with Gasteiger partial charge in [0.2, 0.25) is 0 Å². The predicted molar refractivity (Wildman–Crippen MR) is 79.5 cm³/mol. The van der Waals surface area contributed by atoms with E-state index in [9.17, 15) is 0 Å². The maximum absolute atomic E-state index is 3.55. The second-order valence-corrected chi connectivity index (χ2v) is 5.57. The fourth-order valence-electron chi connectivity index (χ4n) is 2.12. The number of halogens is 1. The lowest BCUT2D eigenvalue weighted by atomic mass is 10.1. The number of benzene rings is 1. The topological polar surface area (TPSA) is 15.3 Å². The Morgan fingerprint density at radius 2 is 2.22 bits per heavy atom. The van der Waals surface area contributed by atoms with E-state index in [0.29, 0.717) is 6.04 Å². The van der Waals surface area contributed by atoms with E-state index in [1.165, 1.54) is 5.56 Å². The molecule has 18 heavy (non-hydrogen) atoms. The van der Waals surface area contributed by atoms with E-state index >= 15 is 0 Å². The summed E-state index contributed by atoms with van der Waals surface area (Å²) >= 11 is 3.55. The van der Waals surface area contributed by atoms with Gasteiger partial charge in [0, 0.05) is 36.6 Å². The lowest BCUT2D eigenvalue weighted by Gasteiger charge is -2.30. The highest BCUT2D eigenvalue weighted by molar-refractivity contribution is 9.10. The molecular weight excluding hydrogens is 288 g/mol. The molecule has 0 bridgehead atoms. The summed E-state index contributed by atoms with van der Waals surface area (Å²) in [7, 11) is 0. The van der Waals surface area contributed by atoms with Gasteiger partial charge in [-0.05, 0) is 18.6 Å². The Bertz CT molecular complexity index is 447. The molecule has 96 valence electrons. The van der Waals surface area contributed by atoms with Gasteiger partial charge >= 0.3 is 0 Å². The molecular formula is C15H19BrN2. The molecule has 3 heteroatoms. The first-order valence-electron chi connectivity index (χ1n) is 6.40. The van der Waals surface area contributed by atoms with Gasteiger partial charge in [0.1, 0.15) is 0 Å². The molecule has 2 rings (SSSR count). The van der Waals surface area contributed by atoms with Crippen LogP contribution in [0, 0.1) is 11.8 Å². The molecule has 1 N–H and O–H groups in total. The van der Waals surface area contributed by atoms with Crippen molar-refractivity contribution in [2.45, 2.75) is 19.4 Å². The molecule has 1 heterocycles. The van der Waals surface area contributed by atoms with Gasteiger partial charge in [-0.15, -0.1) is 0 Å². The molecule has 0 aliphatic carbocycles. The molecule has 0 spiro atoms. The zero-order valence-corrected chi connectivity index (χ0v) is 12.3. The summed E-state index contributed by atoms with van der Waals surface area (Å²) in [6.45, 7) is 6.39. The van der Waals surface area contributed by atoms with Gasteiger partial charge in [-0.1, -0.05) is 46.0 Å². The first-order valence-corrected chi connectivity index (χ1v) is 7.20. The Kier molecular flexibility index (Phi) is 5.25. The summed E-state index contributed by atoms with van der Waals surface area (Å²) in [4.78, 5) is 2.41.